The summed E-state index contributed by atoms with van der Waals surface area (Å²) >= 11 is 0. The van der Waals surface area contributed by atoms with E-state index in [-0.39, 0.29) is 5.41 Å². The van der Waals surface area contributed by atoms with Crippen LogP contribution in [-0.4, -0.2) is 6.04 Å². The Hall–Kier alpha value is -1.76. The molecule has 0 heterocycles. The van der Waals surface area contributed by atoms with E-state index in [4.69, 9.17) is 0 Å². The van der Waals surface area contributed by atoms with Gasteiger partial charge in [-0.25, -0.2) is 0 Å². The molecule has 0 saturated carbocycles. The predicted octanol–water partition coefficient (Wildman–Crippen LogP) is 4.00. The van der Waals surface area contributed by atoms with Gasteiger partial charge in [-0.05, 0) is 29.7 Å². The van der Waals surface area contributed by atoms with Crippen LogP contribution < -0.4 is 5.32 Å². The number of hydrogen-bond donors (Lipinski definition) is 1. The van der Waals surface area contributed by atoms with Crippen molar-refractivity contribution >= 4 is 5.69 Å². The highest BCUT2D eigenvalue weighted by molar-refractivity contribution is 5.50. The zero-order valence-corrected chi connectivity index (χ0v) is 11.0. The maximum atomic E-state index is 3.68. The number of rotatable bonds is 2. The highest BCUT2D eigenvalue weighted by atomic mass is 14.9. The number of nitrogens with one attached hydrogen (secondary N) is 1. The lowest BCUT2D eigenvalue weighted by molar-refractivity contribution is 0.470. The maximum Gasteiger partial charge on any atom is 0.0393 e. The molecule has 0 radical (unpaired) electrons. The summed E-state index contributed by atoms with van der Waals surface area (Å²) < 4.78 is 0. The number of fused-ring (bicyclic) bond motifs is 1. The minimum absolute atomic E-state index is 0.187. The predicted molar refractivity (Wildman–Crippen MR) is 77.0 cm³/mol. The highest BCUT2D eigenvalue weighted by Crippen LogP contribution is 2.39. The second-order valence-corrected chi connectivity index (χ2v) is 5.65. The quantitative estimate of drug-likeness (QED) is 0.832. The Morgan fingerprint density at radius 1 is 0.944 bits per heavy atom. The smallest absolute Gasteiger partial charge is 0.0393 e. The Morgan fingerprint density at radius 2 is 1.61 bits per heavy atom. The molecule has 3 rings (SSSR count). The van der Waals surface area contributed by atoms with Gasteiger partial charge in [0.1, 0.15) is 0 Å². The zero-order valence-electron chi connectivity index (χ0n) is 11.0. The highest BCUT2D eigenvalue weighted by Gasteiger charge is 2.38. The first-order chi connectivity index (χ1) is 8.68. The van der Waals surface area contributed by atoms with E-state index in [9.17, 15) is 0 Å². The van der Waals surface area contributed by atoms with Crippen molar-refractivity contribution < 1.29 is 0 Å². The van der Waals surface area contributed by atoms with E-state index < -0.39 is 0 Å². The molecule has 0 aliphatic heterocycles. The molecule has 0 spiro atoms. The summed E-state index contributed by atoms with van der Waals surface area (Å²) in [5, 5.41) is 3.68. The first-order valence-electron chi connectivity index (χ1n) is 6.58. The van der Waals surface area contributed by atoms with Gasteiger partial charge in [0.05, 0.1) is 0 Å². The lowest BCUT2D eigenvalue weighted by Gasteiger charge is -2.30. The van der Waals surface area contributed by atoms with Crippen LogP contribution in [0.3, 0.4) is 0 Å². The largest absolute Gasteiger partial charge is 0.381 e. The molecule has 0 bridgehead atoms. The molecule has 18 heavy (non-hydrogen) atoms. The molecular formula is C17H19N. The molecule has 2 aromatic carbocycles. The standard InChI is InChI=1S/C17H19N/c1-17(2)15-11-7-6-8-13(15)12-16(17)18-14-9-4-3-5-10-14/h3-11,16,18H,12H2,1-2H3. The average molecular weight is 237 g/mol. The molecule has 92 valence electrons. The van der Waals surface area contributed by atoms with Gasteiger partial charge in [0.15, 0.2) is 0 Å². The second kappa shape index (κ2) is 4.16. The molecule has 1 heteroatoms. The third kappa shape index (κ3) is 1.80. The molecule has 1 atom stereocenters. The number of para-hydroxylation sites is 1. The van der Waals surface area contributed by atoms with Crippen LogP contribution >= 0.6 is 0 Å². The first-order valence-corrected chi connectivity index (χ1v) is 6.58. The fourth-order valence-corrected chi connectivity index (χ4v) is 2.96. The molecule has 1 aliphatic carbocycles. The van der Waals surface area contributed by atoms with Crippen LogP contribution in [0.15, 0.2) is 54.6 Å². The first kappa shape index (κ1) is 11.3. The maximum absolute atomic E-state index is 3.68. The van der Waals surface area contributed by atoms with Crippen molar-refractivity contribution in [2.75, 3.05) is 5.32 Å². The van der Waals surface area contributed by atoms with E-state index in [1.165, 1.54) is 16.8 Å². The van der Waals surface area contributed by atoms with Gasteiger partial charge in [-0.3, -0.25) is 0 Å². The van der Waals surface area contributed by atoms with Crippen LogP contribution in [0.4, 0.5) is 5.69 Å². The Kier molecular flexibility index (Phi) is 2.62. The van der Waals surface area contributed by atoms with Gasteiger partial charge in [-0.2, -0.15) is 0 Å². The summed E-state index contributed by atoms with van der Waals surface area (Å²) in [5.74, 6) is 0. The lowest BCUT2D eigenvalue weighted by Crippen LogP contribution is -2.36. The van der Waals surface area contributed by atoms with Crippen molar-refractivity contribution in [3.8, 4) is 0 Å². The second-order valence-electron chi connectivity index (χ2n) is 5.65. The van der Waals surface area contributed by atoms with Crippen molar-refractivity contribution in [2.45, 2.75) is 31.7 Å². The van der Waals surface area contributed by atoms with Crippen molar-refractivity contribution in [3.63, 3.8) is 0 Å². The molecule has 2 aromatic rings. The van der Waals surface area contributed by atoms with Crippen LogP contribution in [0.1, 0.15) is 25.0 Å². The van der Waals surface area contributed by atoms with E-state index in [1.54, 1.807) is 0 Å². The molecule has 1 aliphatic rings. The molecule has 0 saturated heterocycles. The number of hydrogen-bond acceptors (Lipinski definition) is 1. The summed E-state index contributed by atoms with van der Waals surface area (Å²) in [6.45, 7) is 4.67. The summed E-state index contributed by atoms with van der Waals surface area (Å²) in [6.07, 6.45) is 1.11. The molecule has 1 nitrogen and oxygen atoms in total. The molecular weight excluding hydrogens is 218 g/mol. The fraction of sp³-hybridized carbons (Fsp3) is 0.294. The Balaban J connectivity index is 1.89. The molecule has 1 unspecified atom stereocenters. The third-order valence-corrected chi connectivity index (χ3v) is 4.12. The van der Waals surface area contributed by atoms with E-state index in [2.05, 4.69) is 73.8 Å². The van der Waals surface area contributed by atoms with Gasteiger partial charge in [0.25, 0.3) is 0 Å². The van der Waals surface area contributed by atoms with E-state index in [0.717, 1.165) is 6.42 Å². The molecule has 1 N–H and O–H groups in total. The average Bonchev–Trinajstić information content (AvgIpc) is 2.63. The van der Waals surface area contributed by atoms with Gasteiger partial charge in [0.2, 0.25) is 0 Å². The molecule has 0 aromatic heterocycles. The summed E-state index contributed by atoms with van der Waals surface area (Å²) in [7, 11) is 0. The van der Waals surface area contributed by atoms with Crippen LogP contribution in [0.25, 0.3) is 0 Å². The summed E-state index contributed by atoms with van der Waals surface area (Å²) in [4.78, 5) is 0. The van der Waals surface area contributed by atoms with E-state index in [1.807, 2.05) is 0 Å². The molecule has 0 amide bonds. The van der Waals surface area contributed by atoms with Crippen molar-refractivity contribution in [2.24, 2.45) is 0 Å². The summed E-state index contributed by atoms with van der Waals surface area (Å²) in [5.41, 5.74) is 4.37. The van der Waals surface area contributed by atoms with Crippen molar-refractivity contribution in [1.82, 2.24) is 0 Å². The minimum Gasteiger partial charge on any atom is -0.381 e. The van der Waals surface area contributed by atoms with Crippen LogP contribution in [0, 0.1) is 0 Å². The SMILES string of the molecule is CC1(C)c2ccccc2CC1Nc1ccccc1. The third-order valence-electron chi connectivity index (χ3n) is 4.12. The van der Waals surface area contributed by atoms with Crippen LogP contribution in [0.5, 0.6) is 0 Å². The Labute approximate surface area is 109 Å². The lowest BCUT2D eigenvalue weighted by atomic mass is 9.83. The zero-order chi connectivity index (χ0) is 12.6. The van der Waals surface area contributed by atoms with Gasteiger partial charge < -0.3 is 5.32 Å². The van der Waals surface area contributed by atoms with Gasteiger partial charge in [-0.15, -0.1) is 0 Å². The Bertz CT molecular complexity index is 543. The minimum atomic E-state index is 0.187. The Morgan fingerprint density at radius 3 is 2.33 bits per heavy atom. The monoisotopic (exact) mass is 237 g/mol. The van der Waals surface area contributed by atoms with Gasteiger partial charge in [-0.1, -0.05) is 56.3 Å². The summed E-state index contributed by atoms with van der Waals surface area (Å²) in [6, 6.07) is 19.8. The van der Waals surface area contributed by atoms with Crippen LogP contribution in [-0.2, 0) is 11.8 Å². The molecule has 0 fully saturated rings. The van der Waals surface area contributed by atoms with Crippen molar-refractivity contribution in [1.29, 1.82) is 0 Å². The fourth-order valence-electron chi connectivity index (χ4n) is 2.96. The normalized spacial score (nSPS) is 20.4. The van der Waals surface area contributed by atoms with E-state index in [0.29, 0.717) is 6.04 Å². The van der Waals surface area contributed by atoms with Crippen LogP contribution in [0.2, 0.25) is 0 Å². The van der Waals surface area contributed by atoms with Gasteiger partial charge >= 0.3 is 0 Å². The van der Waals surface area contributed by atoms with Crippen molar-refractivity contribution in [3.05, 3.63) is 65.7 Å². The number of benzene rings is 2. The van der Waals surface area contributed by atoms with Gasteiger partial charge in [0, 0.05) is 17.1 Å². The van der Waals surface area contributed by atoms with E-state index >= 15 is 0 Å². The number of anilines is 1. The topological polar surface area (TPSA) is 12.0 Å².